The normalized spacial score (nSPS) is 16.0. The molecule has 135 heavy (non-hydrogen) atoms. The maximum absolute atomic E-state index is 12.8. The number of ether oxygens (including phenoxy) is 4. The zero-order chi connectivity index (χ0) is 93.4. The molecule has 0 bridgehead atoms. The van der Waals surface area contributed by atoms with E-state index in [0.29, 0.717) is 136 Å². The molecule has 20 rings (SSSR count). The number of carbonyl (C=O) groups is 4. The molecule has 0 saturated carbocycles. The number of anilines is 4. The van der Waals surface area contributed by atoms with Crippen molar-refractivity contribution in [2.24, 2.45) is 0 Å². The SMILES string of the molecule is C=CC(=O)N1CCC[C@@H](n2nc(-c3ccc(Oc4ccccc4)cc3)c3c(N)ncnc32)C1.C=CC(=O)N1CCC[C@H](n2nc(-c3ccc(Oc4ccccc4)cc3)c3c(N)ncnc32)C1.C=CC(=O)N1CC[C@H](n2nc(-c3ccc(Oc4ccccc4)cc3)c3c(N)ncnc32)C1.CN(C)C/C=C/C(=O)N1CCC[C@H](n2nc(-c3ccc(Oc4ccccc4)cc3)c3c(N)ncnc32)C1. The molecule has 682 valence electrons. The van der Waals surface area contributed by atoms with Crippen LogP contribution in [0.5, 0.6) is 46.0 Å². The summed E-state index contributed by atoms with van der Waals surface area (Å²) >= 11 is 0. The van der Waals surface area contributed by atoms with Crippen LogP contribution >= 0.6 is 0 Å². The van der Waals surface area contributed by atoms with Crippen LogP contribution in [0, 0.1) is 0 Å². The number of nitrogens with two attached hydrogens (primary N) is 4. The third-order valence-corrected chi connectivity index (χ3v) is 23.7. The Morgan fingerprint density at radius 2 is 0.563 bits per heavy atom. The van der Waals surface area contributed by atoms with Crippen LogP contribution < -0.4 is 41.9 Å². The van der Waals surface area contributed by atoms with Gasteiger partial charge in [0.1, 0.15) is 117 Å². The predicted octanol–water partition coefficient (Wildman–Crippen LogP) is 16.4. The highest BCUT2D eigenvalue weighted by Gasteiger charge is 2.34. The van der Waals surface area contributed by atoms with Gasteiger partial charge in [-0.15, -0.1) is 0 Å². The van der Waals surface area contributed by atoms with Crippen LogP contribution in [0.15, 0.2) is 294 Å². The fourth-order valence-electron chi connectivity index (χ4n) is 17.1. The van der Waals surface area contributed by atoms with Crippen molar-refractivity contribution < 1.29 is 38.1 Å². The third kappa shape index (κ3) is 20.7. The molecule has 4 saturated heterocycles. The summed E-state index contributed by atoms with van der Waals surface area (Å²) in [6, 6.07) is 69.3. The van der Waals surface area contributed by atoms with Gasteiger partial charge in [-0.05, 0) is 223 Å². The number of aromatic nitrogens is 16. The third-order valence-electron chi connectivity index (χ3n) is 23.7. The molecule has 4 aliphatic rings. The topological polar surface area (TPSA) is 400 Å². The number of piperidine rings is 3. The minimum Gasteiger partial charge on any atom is -0.457 e. The van der Waals surface area contributed by atoms with Crippen LogP contribution in [0.25, 0.3) is 89.2 Å². The van der Waals surface area contributed by atoms with E-state index in [1.807, 2.05) is 267 Å². The second kappa shape index (κ2) is 41.5. The molecule has 33 nitrogen and oxygen atoms in total. The molecule has 4 amide bonds. The van der Waals surface area contributed by atoms with Crippen LogP contribution in [-0.4, -0.2) is 200 Å². The van der Waals surface area contributed by atoms with E-state index in [4.69, 9.17) is 62.3 Å². The molecule has 8 aromatic carbocycles. The molecule has 16 aromatic rings. The van der Waals surface area contributed by atoms with Gasteiger partial charge in [-0.3, -0.25) is 19.2 Å². The number of likely N-dealkylation sites (tertiary alicyclic amines) is 4. The van der Waals surface area contributed by atoms with Crippen molar-refractivity contribution >= 4 is 91.0 Å². The first-order valence-corrected chi connectivity index (χ1v) is 44.5. The van der Waals surface area contributed by atoms with Crippen molar-refractivity contribution in [1.29, 1.82) is 0 Å². The van der Waals surface area contributed by atoms with E-state index in [-0.39, 0.29) is 47.8 Å². The monoisotopic (exact) mass is 1800 g/mol. The van der Waals surface area contributed by atoms with Gasteiger partial charge in [0.2, 0.25) is 23.6 Å². The van der Waals surface area contributed by atoms with E-state index in [1.165, 1.54) is 43.5 Å². The first-order valence-electron chi connectivity index (χ1n) is 44.5. The summed E-state index contributed by atoms with van der Waals surface area (Å²) < 4.78 is 31.2. The lowest BCUT2D eigenvalue weighted by Gasteiger charge is -2.32. The Labute approximate surface area is 778 Å². The fraction of sp³-hybridized carbons (Fsp3) is 0.216. The lowest BCUT2D eigenvalue weighted by atomic mass is 10.1. The number of hydrogen-bond donors (Lipinski definition) is 4. The maximum atomic E-state index is 12.8. The second-order valence-electron chi connectivity index (χ2n) is 33.0. The molecule has 8 N–H and O–H groups in total. The van der Waals surface area contributed by atoms with Crippen LogP contribution in [0.4, 0.5) is 23.3 Å². The van der Waals surface area contributed by atoms with Crippen molar-refractivity contribution in [2.75, 3.05) is 95.9 Å². The van der Waals surface area contributed by atoms with Crippen molar-refractivity contribution in [2.45, 2.75) is 69.1 Å². The number of nitrogen functional groups attached to an aromatic ring is 4. The molecule has 0 aliphatic carbocycles. The highest BCUT2D eigenvalue weighted by Crippen LogP contribution is 2.42. The second-order valence-corrected chi connectivity index (χ2v) is 33.0. The number of nitrogens with zero attached hydrogens (tertiary/aromatic N) is 21. The standard InChI is InChI=1S/C28H31N7O2.2C25H24N6O2.C24H22N6O2/c1-33(2)16-7-11-24(36)34-17-6-8-21(18-34)35-28-25(27(29)30-19-31-28)26(32-35)20-12-14-23(15-13-20)37-22-9-4-3-5-10-22;2*1-2-21(32)30-14-6-7-18(15-30)31-25-22(24(26)27-16-28-25)23(29-31)17-10-12-20(13-11-17)33-19-8-4-3-5-9-19;1-2-20(31)29-13-12-17(14-29)30-24-21(23(25)26-15-27-24)22(28-30)16-8-10-19(11-9-16)32-18-6-4-3-5-7-18/h3-5,7,9-15,19,21H,6,8,16-18H2,1-2H3,(H2,29,30,31);2*2-5,8-13,16,18H,1,6-7,14-15H2,(H2,26,27,28);2-11,15,17H,1,12-14H2,(H2,25,26,27)/b11-7+;;;/t21-;2*18-;17-/m0100/s1. The van der Waals surface area contributed by atoms with Gasteiger partial charge < -0.3 is 66.4 Å². The van der Waals surface area contributed by atoms with Gasteiger partial charge in [0, 0.05) is 87.2 Å². The Balaban J connectivity index is 0.000000125. The van der Waals surface area contributed by atoms with Crippen LogP contribution in [0.2, 0.25) is 0 Å². The van der Waals surface area contributed by atoms with E-state index < -0.39 is 0 Å². The molecule has 0 radical (unpaired) electrons. The molecular formula is C102H101N25O8. The lowest BCUT2D eigenvalue weighted by molar-refractivity contribution is -0.128. The average Bonchev–Trinajstić information content (AvgIpc) is 1.62. The number of hydrogen-bond acceptors (Lipinski definition) is 25. The summed E-state index contributed by atoms with van der Waals surface area (Å²) in [6.07, 6.45) is 19.5. The Hall–Kier alpha value is -16.8. The highest BCUT2D eigenvalue weighted by molar-refractivity contribution is 6.02. The van der Waals surface area contributed by atoms with Gasteiger partial charge in [0.15, 0.2) is 22.6 Å². The quantitative estimate of drug-likeness (QED) is 0.0458. The Kier molecular flexibility index (Phi) is 27.7. The molecule has 12 heterocycles. The number of fused-ring (bicyclic) bond motifs is 4. The molecule has 0 spiro atoms. The van der Waals surface area contributed by atoms with E-state index in [1.54, 1.807) is 20.8 Å². The van der Waals surface area contributed by atoms with E-state index in [9.17, 15) is 19.2 Å². The van der Waals surface area contributed by atoms with Gasteiger partial charge in [-0.25, -0.2) is 58.6 Å². The maximum Gasteiger partial charge on any atom is 0.246 e. The summed E-state index contributed by atoms with van der Waals surface area (Å²) in [5.41, 5.74) is 34.1. The molecule has 4 fully saturated rings. The Morgan fingerprint density at radius 3 is 0.815 bits per heavy atom. The zero-order valence-corrected chi connectivity index (χ0v) is 74.7. The molecule has 4 aliphatic heterocycles. The number of rotatable bonds is 22. The molecular weight excluding hydrogens is 1700 g/mol. The highest BCUT2D eigenvalue weighted by atomic mass is 16.5. The summed E-state index contributed by atoms with van der Waals surface area (Å²) in [6.45, 7) is 16.6. The Bertz CT molecular complexity index is 6740. The van der Waals surface area contributed by atoms with E-state index in [0.717, 1.165) is 126 Å². The van der Waals surface area contributed by atoms with Gasteiger partial charge in [0.25, 0.3) is 0 Å². The predicted molar refractivity (Wildman–Crippen MR) is 520 cm³/mol. The van der Waals surface area contributed by atoms with Crippen LogP contribution in [0.3, 0.4) is 0 Å². The van der Waals surface area contributed by atoms with E-state index in [2.05, 4.69) is 59.6 Å². The summed E-state index contributed by atoms with van der Waals surface area (Å²) in [7, 11) is 3.95. The molecule has 4 atom stereocenters. The van der Waals surface area contributed by atoms with E-state index >= 15 is 0 Å². The molecule has 0 unspecified atom stereocenters. The number of likely N-dealkylation sites (N-methyl/N-ethyl adjacent to an activating group) is 1. The summed E-state index contributed by atoms with van der Waals surface area (Å²) in [4.78, 5) is 93.2. The van der Waals surface area contributed by atoms with Gasteiger partial charge in [0.05, 0.1) is 45.7 Å². The smallest absolute Gasteiger partial charge is 0.246 e. The number of amides is 4. The largest absolute Gasteiger partial charge is 0.457 e. The Morgan fingerprint density at radius 1 is 0.326 bits per heavy atom. The molecule has 33 heteroatoms. The molecule has 8 aromatic heterocycles. The van der Waals surface area contributed by atoms with Gasteiger partial charge in [-0.1, -0.05) is 98.6 Å². The first kappa shape index (κ1) is 90.1. The van der Waals surface area contributed by atoms with Crippen molar-refractivity contribution in [3.63, 3.8) is 0 Å². The summed E-state index contributed by atoms with van der Waals surface area (Å²) in [5.74, 6) is 7.30. The lowest BCUT2D eigenvalue weighted by Crippen LogP contribution is -2.40. The first-order chi connectivity index (χ1) is 65.9. The van der Waals surface area contributed by atoms with Crippen LogP contribution in [-0.2, 0) is 19.2 Å². The summed E-state index contributed by atoms with van der Waals surface area (Å²) in [5, 5.41) is 22.5. The van der Waals surface area contributed by atoms with Crippen molar-refractivity contribution in [3.8, 4) is 91.0 Å². The minimum atomic E-state index is -0.0765. The van der Waals surface area contributed by atoms with Crippen LogP contribution in [0.1, 0.15) is 69.1 Å². The fourth-order valence-corrected chi connectivity index (χ4v) is 17.1. The number of carbonyl (C=O) groups excluding carboxylic acids is 4. The minimum absolute atomic E-state index is 0.00476. The average molecular weight is 1810 g/mol. The van der Waals surface area contributed by atoms with Crippen molar-refractivity contribution in [1.82, 2.24) is 103 Å². The van der Waals surface area contributed by atoms with Gasteiger partial charge >= 0.3 is 0 Å². The van der Waals surface area contributed by atoms with Gasteiger partial charge in [-0.2, -0.15) is 20.4 Å². The van der Waals surface area contributed by atoms with Crippen molar-refractivity contribution in [3.05, 3.63) is 294 Å². The zero-order valence-electron chi connectivity index (χ0n) is 74.7. The number of para-hydroxylation sites is 4. The number of benzene rings is 8.